The van der Waals surface area contributed by atoms with Gasteiger partial charge in [-0.05, 0) is 53.9 Å². The molecule has 2 N–H and O–H groups in total. The Bertz CT molecular complexity index is 1320. The van der Waals surface area contributed by atoms with E-state index < -0.39 is 0 Å². The van der Waals surface area contributed by atoms with Crippen molar-refractivity contribution in [3.8, 4) is 22.8 Å². The monoisotopic (exact) mass is 413 g/mol. The highest BCUT2D eigenvalue weighted by Gasteiger charge is 2.12. The van der Waals surface area contributed by atoms with Crippen molar-refractivity contribution in [3.05, 3.63) is 78.3 Å². The zero-order valence-electron chi connectivity index (χ0n) is 15.6. The molecule has 1 aromatic carbocycles. The maximum absolute atomic E-state index is 12.2. The fraction of sp³-hybridized carbons (Fsp3) is 0. The number of hydrogen-bond donors (Lipinski definition) is 2. The van der Waals surface area contributed by atoms with Crippen LogP contribution in [-0.4, -0.2) is 30.8 Å². The van der Waals surface area contributed by atoms with E-state index in [0.29, 0.717) is 22.9 Å². The summed E-state index contributed by atoms with van der Waals surface area (Å²) in [6.45, 7) is 0. The van der Waals surface area contributed by atoms with Gasteiger partial charge in [0.2, 0.25) is 5.82 Å². The lowest BCUT2D eigenvalue weighted by molar-refractivity contribution is 0.262. The molecule has 0 saturated carbocycles. The number of benzene rings is 1. The molecule has 0 saturated heterocycles. The number of carbonyl (C=O) groups excluding carboxylic acids is 1. The number of thiophene rings is 1. The van der Waals surface area contributed by atoms with E-state index >= 15 is 0 Å². The van der Waals surface area contributed by atoms with E-state index in [-0.39, 0.29) is 6.03 Å². The summed E-state index contributed by atoms with van der Waals surface area (Å²) in [5.74, 6) is 0.567. The number of nitrogens with one attached hydrogen (secondary N) is 2. The van der Waals surface area contributed by atoms with E-state index in [1.165, 1.54) is 11.3 Å². The van der Waals surface area contributed by atoms with Crippen LogP contribution in [0.25, 0.3) is 28.4 Å². The molecule has 0 atom stereocenters. The Balaban J connectivity index is 1.44. The number of fused-ring (bicyclic) bond motifs is 1. The van der Waals surface area contributed by atoms with Crippen molar-refractivity contribution < 1.29 is 4.79 Å². The minimum Gasteiger partial charge on any atom is -0.308 e. The summed E-state index contributed by atoms with van der Waals surface area (Å²) in [4.78, 5) is 16.5. The van der Waals surface area contributed by atoms with Gasteiger partial charge in [0.15, 0.2) is 5.65 Å². The first-order valence-electron chi connectivity index (χ1n) is 9.12. The van der Waals surface area contributed by atoms with Crippen molar-refractivity contribution in [2.24, 2.45) is 0 Å². The molecule has 0 spiro atoms. The van der Waals surface area contributed by atoms with Crippen molar-refractivity contribution in [1.29, 1.82) is 0 Å². The highest BCUT2D eigenvalue weighted by atomic mass is 32.1. The second-order valence-corrected chi connectivity index (χ2v) is 7.31. The van der Waals surface area contributed by atoms with Gasteiger partial charge >= 0.3 is 6.03 Å². The topological polar surface area (TPSA) is 97.1 Å². The first kappa shape index (κ1) is 18.0. The van der Waals surface area contributed by atoms with Crippen LogP contribution in [0.3, 0.4) is 0 Å². The van der Waals surface area contributed by atoms with E-state index in [0.717, 1.165) is 16.3 Å². The number of aromatic nitrogens is 5. The maximum Gasteiger partial charge on any atom is 0.324 e. The summed E-state index contributed by atoms with van der Waals surface area (Å²) in [5, 5.41) is 21.4. The summed E-state index contributed by atoms with van der Waals surface area (Å²) in [5.41, 5.74) is 3.56. The minimum atomic E-state index is -0.297. The molecule has 4 heterocycles. The lowest BCUT2D eigenvalue weighted by Crippen LogP contribution is -2.18. The fourth-order valence-electron chi connectivity index (χ4n) is 2.98. The van der Waals surface area contributed by atoms with Crippen LogP contribution in [0.1, 0.15) is 0 Å². The van der Waals surface area contributed by atoms with Gasteiger partial charge in [-0.1, -0.05) is 18.2 Å². The van der Waals surface area contributed by atoms with Gasteiger partial charge in [0.1, 0.15) is 5.69 Å². The number of pyridine rings is 1. The van der Waals surface area contributed by atoms with E-state index in [4.69, 9.17) is 0 Å². The van der Waals surface area contributed by atoms with Crippen LogP contribution in [0.15, 0.2) is 78.3 Å². The molecule has 4 aromatic heterocycles. The molecule has 5 aromatic rings. The van der Waals surface area contributed by atoms with Crippen molar-refractivity contribution in [3.63, 3.8) is 0 Å². The standard InChI is InChI=1S/C21H15N7OS/c29-21(24-19-8-4-12-30-19)23-15-6-3-5-14(13-15)16-9-10-18-25-26-20(28(18)27-16)17-7-1-2-11-22-17/h1-13H,(H2,23,24,29). The van der Waals surface area contributed by atoms with E-state index in [1.54, 1.807) is 10.7 Å². The number of carbonyl (C=O) groups is 1. The highest BCUT2D eigenvalue weighted by molar-refractivity contribution is 7.14. The van der Waals surface area contributed by atoms with Gasteiger partial charge in [-0.2, -0.15) is 9.61 Å². The summed E-state index contributed by atoms with van der Waals surface area (Å²) in [6.07, 6.45) is 1.70. The first-order valence-corrected chi connectivity index (χ1v) is 10.00. The molecule has 146 valence electrons. The molecule has 8 nitrogen and oxygen atoms in total. The van der Waals surface area contributed by atoms with Crippen molar-refractivity contribution in [2.75, 3.05) is 10.6 Å². The summed E-state index contributed by atoms with van der Waals surface area (Å²) in [7, 11) is 0. The second kappa shape index (κ2) is 7.72. The SMILES string of the molecule is O=C(Nc1cccc(-c2ccc3nnc(-c4ccccn4)n3n2)c1)Nc1cccs1. The molecular formula is C21H15N7OS. The maximum atomic E-state index is 12.2. The van der Waals surface area contributed by atoms with E-state index in [9.17, 15) is 4.79 Å². The van der Waals surface area contributed by atoms with E-state index in [2.05, 4.69) is 30.9 Å². The normalized spacial score (nSPS) is 10.8. The molecule has 0 bridgehead atoms. The van der Waals surface area contributed by atoms with Crippen molar-refractivity contribution in [1.82, 2.24) is 24.8 Å². The Kier molecular flexibility index (Phi) is 4.62. The van der Waals surface area contributed by atoms with Crippen LogP contribution in [0.2, 0.25) is 0 Å². The molecule has 0 radical (unpaired) electrons. The Labute approximate surface area is 175 Å². The fourth-order valence-corrected chi connectivity index (χ4v) is 3.59. The zero-order chi connectivity index (χ0) is 20.3. The Hall–Kier alpha value is -4.11. The number of rotatable bonds is 4. The van der Waals surface area contributed by atoms with Crippen molar-refractivity contribution in [2.45, 2.75) is 0 Å². The van der Waals surface area contributed by atoms with Crippen LogP contribution in [0.5, 0.6) is 0 Å². The van der Waals surface area contributed by atoms with Crippen LogP contribution >= 0.6 is 11.3 Å². The third kappa shape index (κ3) is 3.61. The average Bonchev–Trinajstić information content (AvgIpc) is 3.43. The van der Waals surface area contributed by atoms with Gasteiger partial charge in [0.25, 0.3) is 0 Å². The van der Waals surface area contributed by atoms with E-state index in [1.807, 2.05) is 72.1 Å². The second-order valence-electron chi connectivity index (χ2n) is 6.36. The van der Waals surface area contributed by atoms with Crippen molar-refractivity contribution >= 4 is 33.7 Å². The Morgan fingerprint density at radius 1 is 0.900 bits per heavy atom. The zero-order valence-corrected chi connectivity index (χ0v) is 16.4. The summed E-state index contributed by atoms with van der Waals surface area (Å²) in [6, 6.07) is 20.3. The highest BCUT2D eigenvalue weighted by Crippen LogP contribution is 2.23. The average molecular weight is 413 g/mol. The molecular weight excluding hydrogens is 398 g/mol. The van der Waals surface area contributed by atoms with Crippen LogP contribution in [0.4, 0.5) is 15.5 Å². The molecule has 2 amide bonds. The number of hydrogen-bond acceptors (Lipinski definition) is 6. The molecule has 5 rings (SSSR count). The predicted octanol–water partition coefficient (Wildman–Crippen LogP) is 4.56. The van der Waals surface area contributed by atoms with Gasteiger partial charge < -0.3 is 5.32 Å². The third-order valence-electron chi connectivity index (χ3n) is 4.33. The quantitative estimate of drug-likeness (QED) is 0.450. The minimum absolute atomic E-state index is 0.297. The number of amides is 2. The summed E-state index contributed by atoms with van der Waals surface area (Å²) < 4.78 is 1.67. The van der Waals surface area contributed by atoms with Gasteiger partial charge in [-0.3, -0.25) is 10.3 Å². The van der Waals surface area contributed by atoms with Crippen LogP contribution in [-0.2, 0) is 0 Å². The third-order valence-corrected chi connectivity index (χ3v) is 5.12. The number of urea groups is 1. The lowest BCUT2D eigenvalue weighted by atomic mass is 10.1. The molecule has 9 heteroatoms. The molecule has 0 aliphatic rings. The van der Waals surface area contributed by atoms with Gasteiger partial charge in [0.05, 0.1) is 10.7 Å². The molecule has 30 heavy (non-hydrogen) atoms. The number of anilines is 2. The summed E-state index contributed by atoms with van der Waals surface area (Å²) >= 11 is 1.46. The smallest absolute Gasteiger partial charge is 0.308 e. The van der Waals surface area contributed by atoms with Crippen LogP contribution < -0.4 is 10.6 Å². The van der Waals surface area contributed by atoms with Gasteiger partial charge in [0, 0.05) is 17.4 Å². The number of nitrogens with zero attached hydrogens (tertiary/aromatic N) is 5. The largest absolute Gasteiger partial charge is 0.324 e. The molecule has 0 fully saturated rings. The van der Waals surface area contributed by atoms with Gasteiger partial charge in [-0.25, -0.2) is 4.79 Å². The molecule has 0 aliphatic heterocycles. The molecule has 0 aliphatic carbocycles. The first-order chi connectivity index (χ1) is 14.8. The lowest BCUT2D eigenvalue weighted by Gasteiger charge is -2.08. The van der Waals surface area contributed by atoms with Crippen LogP contribution in [0, 0.1) is 0 Å². The van der Waals surface area contributed by atoms with Gasteiger partial charge in [-0.15, -0.1) is 21.5 Å². The Morgan fingerprint density at radius 2 is 1.87 bits per heavy atom. The predicted molar refractivity (Wildman–Crippen MR) is 116 cm³/mol. The Morgan fingerprint density at radius 3 is 2.70 bits per heavy atom. The molecule has 0 unspecified atom stereocenters.